The van der Waals surface area contributed by atoms with Crippen LogP contribution in [0.15, 0.2) is 59.4 Å². The highest BCUT2D eigenvalue weighted by Crippen LogP contribution is 2.33. The first-order valence-electron chi connectivity index (χ1n) is 15.4. The molecule has 0 saturated carbocycles. The van der Waals surface area contributed by atoms with Crippen molar-refractivity contribution in [2.75, 3.05) is 45.9 Å². The molecule has 1 aromatic heterocycles. The van der Waals surface area contributed by atoms with Crippen LogP contribution in [0.5, 0.6) is 5.75 Å². The van der Waals surface area contributed by atoms with E-state index in [1.165, 1.54) is 6.07 Å². The third-order valence-electron chi connectivity index (χ3n) is 8.98. The molecule has 1 spiro atoms. The lowest BCUT2D eigenvalue weighted by atomic mass is 9.88. The highest BCUT2D eigenvalue weighted by atomic mass is 32.1. The number of aromatic amines is 1. The minimum atomic E-state index is -0.870. The first-order valence-corrected chi connectivity index (χ1v) is 16.2. The van der Waals surface area contributed by atoms with Crippen molar-refractivity contribution in [2.45, 2.75) is 44.4 Å². The molecule has 9 nitrogen and oxygen atoms in total. The Labute approximate surface area is 265 Å². The van der Waals surface area contributed by atoms with Gasteiger partial charge in [0.25, 0.3) is 5.91 Å². The van der Waals surface area contributed by atoms with Crippen LogP contribution < -0.4 is 10.2 Å². The number of phenols is 1. The number of aliphatic hydroxyl groups excluding tert-OH is 1. The molecule has 238 valence electrons. The van der Waals surface area contributed by atoms with Crippen molar-refractivity contribution in [3.8, 4) is 5.75 Å². The van der Waals surface area contributed by atoms with Crippen LogP contribution in [-0.2, 0) is 17.7 Å². The second-order valence-electron chi connectivity index (χ2n) is 12.2. The molecule has 3 aromatic carbocycles. The summed E-state index contributed by atoms with van der Waals surface area (Å²) in [5.74, 6) is -0.241. The number of piperidine rings is 1. The van der Waals surface area contributed by atoms with Crippen molar-refractivity contribution in [1.29, 1.82) is 0 Å². The van der Waals surface area contributed by atoms with E-state index in [1.54, 1.807) is 18.2 Å². The standard InChI is InChI=1S/C34H39FN4O5S/c1-22-4-2-3-5-26(22)32(42)39-14-15-44-34(21-39)9-12-38(13-10-34)20-24-16-23(17-25(35)18-24)8-11-36-19-29(41)27-6-7-28(40)30-31(27)45-33(43)37-30/h2-7,16-18,29,36,40-41H,8-15,19-21H2,1H3,(H,37,43). The van der Waals surface area contributed by atoms with Gasteiger partial charge in [-0.25, -0.2) is 4.39 Å². The summed E-state index contributed by atoms with van der Waals surface area (Å²) in [6.45, 7) is 6.70. The predicted molar refractivity (Wildman–Crippen MR) is 172 cm³/mol. The lowest BCUT2D eigenvalue weighted by Gasteiger charge is -2.47. The molecule has 2 aliphatic heterocycles. The van der Waals surface area contributed by atoms with Crippen molar-refractivity contribution < 1.29 is 24.1 Å². The second kappa shape index (κ2) is 13.4. The molecule has 4 aromatic rings. The zero-order chi connectivity index (χ0) is 31.6. The maximum absolute atomic E-state index is 14.6. The van der Waals surface area contributed by atoms with E-state index in [4.69, 9.17) is 4.74 Å². The summed E-state index contributed by atoms with van der Waals surface area (Å²) in [5.41, 5.74) is 4.07. The fraction of sp³-hybridized carbons (Fsp3) is 0.412. The van der Waals surface area contributed by atoms with Gasteiger partial charge in [0.1, 0.15) is 17.1 Å². The minimum absolute atomic E-state index is 0.0300. The molecular weight excluding hydrogens is 595 g/mol. The number of thiazole rings is 1. The SMILES string of the molecule is Cc1ccccc1C(=O)N1CCOC2(CCN(Cc3cc(F)cc(CCNCC(O)c4ccc(O)c5[nH]c(=O)sc45)c3)CC2)C1. The number of aromatic hydroxyl groups is 1. The number of amides is 1. The van der Waals surface area contributed by atoms with E-state index >= 15 is 0 Å². The van der Waals surface area contributed by atoms with E-state index in [0.717, 1.165) is 59.5 Å². The van der Waals surface area contributed by atoms with E-state index in [9.17, 15) is 24.2 Å². The summed E-state index contributed by atoms with van der Waals surface area (Å²) in [4.78, 5) is 31.6. The number of carbonyl (C=O) groups is 1. The molecule has 4 N–H and O–H groups in total. The van der Waals surface area contributed by atoms with Crippen LogP contribution >= 0.6 is 11.3 Å². The number of benzene rings is 3. The lowest BCUT2D eigenvalue weighted by molar-refractivity contribution is -0.127. The summed E-state index contributed by atoms with van der Waals surface area (Å²) in [7, 11) is 0. The minimum Gasteiger partial charge on any atom is -0.506 e. The Bertz CT molecular complexity index is 1730. The van der Waals surface area contributed by atoms with Crippen LogP contribution in [0.1, 0.15) is 51.6 Å². The van der Waals surface area contributed by atoms with Gasteiger partial charge in [-0.15, -0.1) is 0 Å². The summed E-state index contributed by atoms with van der Waals surface area (Å²) < 4.78 is 21.4. The number of hydrogen-bond donors (Lipinski definition) is 4. The number of nitrogens with zero attached hydrogens (tertiary/aromatic N) is 2. The van der Waals surface area contributed by atoms with Gasteiger partial charge in [0.15, 0.2) is 0 Å². The number of rotatable bonds is 9. The first-order chi connectivity index (χ1) is 21.7. The van der Waals surface area contributed by atoms with Gasteiger partial charge >= 0.3 is 4.87 Å². The topological polar surface area (TPSA) is 118 Å². The number of halogens is 1. The van der Waals surface area contributed by atoms with E-state index in [1.807, 2.05) is 42.2 Å². The second-order valence-corrected chi connectivity index (χ2v) is 13.2. The third kappa shape index (κ3) is 7.13. The van der Waals surface area contributed by atoms with Crippen LogP contribution in [-0.4, -0.2) is 82.4 Å². The van der Waals surface area contributed by atoms with Crippen molar-refractivity contribution in [3.63, 3.8) is 0 Å². The molecule has 6 rings (SSSR count). The van der Waals surface area contributed by atoms with Crippen LogP contribution in [0.25, 0.3) is 10.2 Å². The Morgan fingerprint density at radius 1 is 1.13 bits per heavy atom. The smallest absolute Gasteiger partial charge is 0.305 e. The predicted octanol–water partition coefficient (Wildman–Crippen LogP) is 4.12. The molecule has 1 unspecified atom stereocenters. The van der Waals surface area contributed by atoms with Gasteiger partial charge in [0.05, 0.1) is 29.6 Å². The van der Waals surface area contributed by atoms with Gasteiger partial charge in [-0.3, -0.25) is 14.5 Å². The fourth-order valence-corrected chi connectivity index (χ4v) is 7.44. The van der Waals surface area contributed by atoms with Crippen LogP contribution in [0.2, 0.25) is 0 Å². The molecule has 11 heteroatoms. The number of nitrogens with one attached hydrogen (secondary N) is 2. The van der Waals surface area contributed by atoms with Crippen molar-refractivity contribution in [3.05, 3.63) is 97.9 Å². The Hall–Kier alpha value is -3.61. The van der Waals surface area contributed by atoms with Gasteiger partial charge in [-0.2, -0.15) is 0 Å². The summed E-state index contributed by atoms with van der Waals surface area (Å²) >= 11 is 0.955. The van der Waals surface area contributed by atoms with E-state index in [0.29, 0.717) is 55.0 Å². The Morgan fingerprint density at radius 3 is 2.71 bits per heavy atom. The Balaban J connectivity index is 0.997. The highest BCUT2D eigenvalue weighted by molar-refractivity contribution is 7.16. The van der Waals surface area contributed by atoms with Gasteiger partial charge in [0.2, 0.25) is 0 Å². The van der Waals surface area contributed by atoms with E-state index in [-0.39, 0.29) is 34.5 Å². The third-order valence-corrected chi connectivity index (χ3v) is 9.91. The number of carbonyl (C=O) groups excluding carboxylic acids is 1. The van der Waals surface area contributed by atoms with Gasteiger partial charge in [-0.05, 0) is 73.7 Å². The number of ether oxygens (including phenoxy) is 1. The lowest BCUT2D eigenvalue weighted by Crippen LogP contribution is -2.58. The largest absolute Gasteiger partial charge is 0.506 e. The molecule has 2 fully saturated rings. The number of likely N-dealkylation sites (tertiary alicyclic amines) is 1. The summed E-state index contributed by atoms with van der Waals surface area (Å²) in [6, 6.07) is 16.0. The Kier molecular flexibility index (Phi) is 9.34. The molecule has 3 heterocycles. The van der Waals surface area contributed by atoms with E-state index in [2.05, 4.69) is 15.2 Å². The molecule has 45 heavy (non-hydrogen) atoms. The average molecular weight is 635 g/mol. The van der Waals surface area contributed by atoms with Crippen molar-refractivity contribution >= 4 is 27.5 Å². The number of aromatic nitrogens is 1. The van der Waals surface area contributed by atoms with Gasteiger partial charge < -0.3 is 30.2 Å². The summed E-state index contributed by atoms with van der Waals surface area (Å²) in [6.07, 6.45) is 1.34. The molecule has 0 aliphatic carbocycles. The number of phenolic OH excluding ortho intramolecular Hbond substituents is 1. The number of aliphatic hydroxyl groups is 1. The zero-order valence-corrected chi connectivity index (χ0v) is 26.2. The zero-order valence-electron chi connectivity index (χ0n) is 25.4. The Morgan fingerprint density at radius 2 is 1.91 bits per heavy atom. The van der Waals surface area contributed by atoms with Crippen molar-refractivity contribution in [1.82, 2.24) is 20.1 Å². The fourth-order valence-electron chi connectivity index (χ4n) is 6.52. The normalized spacial score (nSPS) is 17.6. The number of H-pyrrole nitrogens is 1. The molecule has 2 aliphatic rings. The van der Waals surface area contributed by atoms with Crippen LogP contribution in [0, 0.1) is 12.7 Å². The molecule has 1 amide bonds. The van der Waals surface area contributed by atoms with E-state index < -0.39 is 6.10 Å². The molecule has 2 saturated heterocycles. The summed E-state index contributed by atoms with van der Waals surface area (Å²) in [5, 5.41) is 24.0. The monoisotopic (exact) mass is 634 g/mol. The molecule has 0 bridgehead atoms. The maximum Gasteiger partial charge on any atom is 0.305 e. The quantitative estimate of drug-likeness (QED) is 0.205. The number of hydrogen-bond acceptors (Lipinski definition) is 8. The number of aryl methyl sites for hydroxylation is 1. The van der Waals surface area contributed by atoms with Crippen molar-refractivity contribution in [2.24, 2.45) is 0 Å². The average Bonchev–Trinajstić information content (AvgIpc) is 3.42. The number of morpholine rings is 1. The number of fused-ring (bicyclic) bond motifs is 1. The van der Waals surface area contributed by atoms with Crippen LogP contribution in [0.3, 0.4) is 0 Å². The molecular formula is C34H39FN4O5S. The first kappa shape index (κ1) is 31.4. The van der Waals surface area contributed by atoms with Crippen LogP contribution in [0.4, 0.5) is 4.39 Å². The molecule has 0 radical (unpaired) electrons. The van der Waals surface area contributed by atoms with Gasteiger partial charge in [0, 0.05) is 43.9 Å². The highest BCUT2D eigenvalue weighted by Gasteiger charge is 2.41. The molecule has 1 atom stereocenters. The maximum atomic E-state index is 14.6. The van der Waals surface area contributed by atoms with Gasteiger partial charge in [-0.1, -0.05) is 41.7 Å².